The number of amides is 2. The second-order valence-electron chi connectivity index (χ2n) is 6.76. The minimum absolute atomic E-state index is 0.0444. The number of nitrogens with one attached hydrogen (secondary N) is 1. The zero-order valence-corrected chi connectivity index (χ0v) is 16.5. The number of carbonyl (C=O) groups excluding carboxylic acids is 2. The molecule has 1 N–H and O–H groups in total. The second kappa shape index (κ2) is 7.53. The number of carbonyl (C=O) groups is 2. The number of fused-ring (bicyclic) bond motifs is 1. The van der Waals surface area contributed by atoms with E-state index < -0.39 is 0 Å². The van der Waals surface area contributed by atoms with Crippen molar-refractivity contribution in [2.75, 3.05) is 16.8 Å². The molecule has 30 heavy (non-hydrogen) atoms. The van der Waals surface area contributed by atoms with E-state index in [0.717, 1.165) is 12.1 Å². The summed E-state index contributed by atoms with van der Waals surface area (Å²) >= 11 is 1.30. The molecule has 0 aliphatic carbocycles. The largest absolute Gasteiger partial charge is 0.321 e. The lowest BCUT2D eigenvalue weighted by molar-refractivity contribution is 0.0988. The minimum atomic E-state index is -0.261. The van der Waals surface area contributed by atoms with Crippen LogP contribution in [0.4, 0.5) is 11.4 Å². The zero-order chi connectivity index (χ0) is 20.5. The van der Waals surface area contributed by atoms with E-state index in [1.807, 2.05) is 23.6 Å². The van der Waals surface area contributed by atoms with Crippen LogP contribution in [0.15, 0.2) is 66.3 Å². The van der Waals surface area contributed by atoms with Crippen molar-refractivity contribution in [3.8, 4) is 5.69 Å². The predicted molar refractivity (Wildman–Crippen MR) is 113 cm³/mol. The van der Waals surface area contributed by atoms with E-state index in [-0.39, 0.29) is 11.8 Å². The number of rotatable bonds is 4. The lowest BCUT2D eigenvalue weighted by atomic mass is 10.1. The Morgan fingerprint density at radius 1 is 1.00 bits per heavy atom. The van der Waals surface area contributed by atoms with E-state index in [4.69, 9.17) is 0 Å². The first-order chi connectivity index (χ1) is 14.7. The number of hydrogen-bond donors (Lipinski definition) is 1. The molecule has 4 aromatic rings. The Morgan fingerprint density at radius 3 is 2.63 bits per heavy atom. The molecule has 148 valence electrons. The normalized spacial score (nSPS) is 12.6. The van der Waals surface area contributed by atoms with Crippen LogP contribution in [-0.4, -0.2) is 38.6 Å². The molecule has 8 nitrogen and oxygen atoms in total. The molecule has 0 bridgehead atoms. The highest BCUT2D eigenvalue weighted by atomic mass is 32.1. The van der Waals surface area contributed by atoms with Crippen molar-refractivity contribution in [1.29, 1.82) is 0 Å². The summed E-state index contributed by atoms with van der Waals surface area (Å²) in [5.74, 6) is -0.305. The van der Waals surface area contributed by atoms with Crippen LogP contribution in [0, 0.1) is 0 Å². The van der Waals surface area contributed by atoms with Gasteiger partial charge in [0.05, 0.1) is 5.69 Å². The smallest absolute Gasteiger partial charge is 0.267 e. The van der Waals surface area contributed by atoms with Gasteiger partial charge in [0.15, 0.2) is 0 Å². The van der Waals surface area contributed by atoms with E-state index in [1.54, 1.807) is 35.2 Å². The third kappa shape index (κ3) is 3.25. The summed E-state index contributed by atoms with van der Waals surface area (Å²) in [7, 11) is 0. The van der Waals surface area contributed by atoms with Gasteiger partial charge in [0.1, 0.15) is 11.2 Å². The summed E-state index contributed by atoms with van der Waals surface area (Å²) in [5, 5.41) is 15.7. The van der Waals surface area contributed by atoms with Gasteiger partial charge in [-0.2, -0.15) is 4.68 Å². The van der Waals surface area contributed by atoms with Gasteiger partial charge in [-0.1, -0.05) is 18.2 Å². The topological polar surface area (TPSA) is 93.0 Å². The van der Waals surface area contributed by atoms with E-state index >= 15 is 0 Å². The van der Waals surface area contributed by atoms with Gasteiger partial charge in [0, 0.05) is 23.5 Å². The van der Waals surface area contributed by atoms with Gasteiger partial charge in [-0.25, -0.2) is 0 Å². The van der Waals surface area contributed by atoms with Crippen molar-refractivity contribution in [2.24, 2.45) is 0 Å². The van der Waals surface area contributed by atoms with Crippen LogP contribution < -0.4 is 10.2 Å². The first-order valence-electron chi connectivity index (χ1n) is 9.33. The van der Waals surface area contributed by atoms with E-state index in [2.05, 4.69) is 26.9 Å². The maximum Gasteiger partial charge on any atom is 0.267 e. The SMILES string of the molecule is O=C(Nc1ccc(C(=O)N2CCc3ccccc32)cc1)c1sccc1-n1cnnn1. The molecule has 2 aromatic heterocycles. The number of thiophene rings is 1. The van der Waals surface area contributed by atoms with E-state index in [1.165, 1.54) is 27.9 Å². The van der Waals surface area contributed by atoms with Crippen molar-refractivity contribution < 1.29 is 9.59 Å². The highest BCUT2D eigenvalue weighted by Gasteiger charge is 2.25. The van der Waals surface area contributed by atoms with Gasteiger partial charge >= 0.3 is 0 Å². The van der Waals surface area contributed by atoms with Gasteiger partial charge in [0.25, 0.3) is 11.8 Å². The Kier molecular flexibility index (Phi) is 4.56. The number of nitrogens with zero attached hydrogens (tertiary/aromatic N) is 5. The molecule has 0 unspecified atom stereocenters. The molecular formula is C21H16N6O2S. The van der Waals surface area contributed by atoms with Crippen LogP contribution in [0.3, 0.4) is 0 Å². The summed E-state index contributed by atoms with van der Waals surface area (Å²) in [6.45, 7) is 0.676. The molecule has 0 fully saturated rings. The van der Waals surface area contributed by atoms with Gasteiger partial charge < -0.3 is 10.2 Å². The molecule has 5 rings (SSSR count). The maximum absolute atomic E-state index is 12.9. The summed E-state index contributed by atoms with van der Waals surface area (Å²) < 4.78 is 1.45. The van der Waals surface area contributed by atoms with Crippen LogP contribution in [0.25, 0.3) is 5.69 Å². The van der Waals surface area contributed by atoms with E-state index in [9.17, 15) is 9.59 Å². The average Bonchev–Trinajstić information content (AvgIpc) is 3.53. The third-order valence-electron chi connectivity index (χ3n) is 4.97. The molecule has 3 heterocycles. The summed E-state index contributed by atoms with van der Waals surface area (Å²) in [4.78, 5) is 27.9. The van der Waals surface area contributed by atoms with Crippen LogP contribution in [0.5, 0.6) is 0 Å². The van der Waals surface area contributed by atoms with Crippen molar-refractivity contribution in [1.82, 2.24) is 20.2 Å². The van der Waals surface area contributed by atoms with Crippen molar-refractivity contribution in [2.45, 2.75) is 6.42 Å². The molecular weight excluding hydrogens is 400 g/mol. The summed E-state index contributed by atoms with van der Waals surface area (Å²) in [6, 6.07) is 16.7. The van der Waals surface area contributed by atoms with Gasteiger partial charge in [-0.15, -0.1) is 16.4 Å². The summed E-state index contributed by atoms with van der Waals surface area (Å²) in [5.41, 5.74) is 3.95. The Hall–Kier alpha value is -3.85. The number of tetrazole rings is 1. The Morgan fingerprint density at radius 2 is 1.83 bits per heavy atom. The molecule has 0 saturated carbocycles. The first kappa shape index (κ1) is 18.2. The number of para-hydroxylation sites is 1. The quantitative estimate of drug-likeness (QED) is 0.552. The van der Waals surface area contributed by atoms with Crippen molar-refractivity contribution in [3.05, 3.63) is 82.3 Å². The zero-order valence-electron chi connectivity index (χ0n) is 15.7. The number of aromatic nitrogens is 4. The molecule has 1 aliphatic heterocycles. The van der Waals surface area contributed by atoms with Gasteiger partial charge in [0.2, 0.25) is 0 Å². The standard InChI is InChI=1S/C21H16N6O2S/c28-20(19-18(10-12-30-19)27-13-22-24-25-27)23-16-7-5-15(6-8-16)21(29)26-11-9-14-3-1-2-4-17(14)26/h1-8,10,12-13H,9,11H2,(H,23,28). The Balaban J connectivity index is 1.31. The molecule has 0 radical (unpaired) electrons. The highest BCUT2D eigenvalue weighted by molar-refractivity contribution is 7.12. The van der Waals surface area contributed by atoms with Crippen LogP contribution >= 0.6 is 11.3 Å². The summed E-state index contributed by atoms with van der Waals surface area (Å²) in [6.07, 6.45) is 2.30. The van der Waals surface area contributed by atoms with Crippen molar-refractivity contribution in [3.63, 3.8) is 0 Å². The third-order valence-corrected chi connectivity index (χ3v) is 5.87. The van der Waals surface area contributed by atoms with Crippen molar-refractivity contribution >= 4 is 34.5 Å². The van der Waals surface area contributed by atoms with Crippen LogP contribution in [0.1, 0.15) is 25.6 Å². The average molecular weight is 416 g/mol. The lowest BCUT2D eigenvalue weighted by Crippen LogP contribution is -2.28. The molecule has 2 aromatic carbocycles. The van der Waals surface area contributed by atoms with E-state index in [0.29, 0.717) is 28.4 Å². The fourth-order valence-electron chi connectivity index (χ4n) is 3.51. The highest BCUT2D eigenvalue weighted by Crippen LogP contribution is 2.29. The molecule has 0 atom stereocenters. The Labute approximate surface area is 175 Å². The minimum Gasteiger partial charge on any atom is -0.321 e. The van der Waals surface area contributed by atoms with Gasteiger partial charge in [-0.3, -0.25) is 9.59 Å². The Bertz CT molecular complexity index is 1220. The number of anilines is 2. The fourth-order valence-corrected chi connectivity index (χ4v) is 4.29. The number of benzene rings is 2. The predicted octanol–water partition coefficient (Wildman–Crippen LogP) is 3.18. The molecule has 0 saturated heterocycles. The molecule has 1 aliphatic rings. The molecule has 2 amide bonds. The fraction of sp³-hybridized carbons (Fsp3) is 0.0952. The lowest BCUT2D eigenvalue weighted by Gasteiger charge is -2.17. The van der Waals surface area contributed by atoms with Crippen LogP contribution in [-0.2, 0) is 6.42 Å². The maximum atomic E-state index is 12.9. The number of hydrogen-bond acceptors (Lipinski definition) is 6. The first-order valence-corrected chi connectivity index (χ1v) is 10.2. The van der Waals surface area contributed by atoms with Gasteiger partial charge in [-0.05, 0) is 64.2 Å². The molecule has 0 spiro atoms. The monoisotopic (exact) mass is 416 g/mol. The second-order valence-corrected chi connectivity index (χ2v) is 7.67. The van der Waals surface area contributed by atoms with Crippen LogP contribution in [0.2, 0.25) is 0 Å². The molecule has 9 heteroatoms.